The summed E-state index contributed by atoms with van der Waals surface area (Å²) >= 11 is 0. The predicted molar refractivity (Wildman–Crippen MR) is 170 cm³/mol. The third-order valence-corrected chi connectivity index (χ3v) is 8.40. The van der Waals surface area contributed by atoms with Crippen LogP contribution in [0.3, 0.4) is 0 Å². The van der Waals surface area contributed by atoms with Crippen LogP contribution in [-0.2, 0) is 18.3 Å². The van der Waals surface area contributed by atoms with Gasteiger partial charge in [-0.2, -0.15) is 0 Å². The molecular weight excluding hydrogens is 570 g/mol. The van der Waals surface area contributed by atoms with Gasteiger partial charge in [0.2, 0.25) is 5.78 Å². The Labute approximate surface area is 260 Å². The summed E-state index contributed by atoms with van der Waals surface area (Å²) in [4.78, 5) is 26.5. The Hall–Kier alpha value is -5.50. The highest BCUT2D eigenvalue weighted by Gasteiger charge is 2.39. The van der Waals surface area contributed by atoms with Crippen LogP contribution in [-0.4, -0.2) is 37.1 Å². The van der Waals surface area contributed by atoms with Crippen LogP contribution in [0.25, 0.3) is 17.0 Å². The van der Waals surface area contributed by atoms with E-state index in [1.165, 1.54) is 0 Å². The number of aromatic nitrogens is 1. The van der Waals surface area contributed by atoms with Crippen molar-refractivity contribution in [3.8, 4) is 28.7 Å². The van der Waals surface area contributed by atoms with Gasteiger partial charge in [-0.05, 0) is 60.2 Å². The van der Waals surface area contributed by atoms with E-state index in [1.54, 1.807) is 32.4 Å². The minimum atomic E-state index is -0.428. The number of rotatable bonds is 8. The largest absolute Gasteiger partial charge is 0.497 e. The molecule has 0 bridgehead atoms. The van der Waals surface area contributed by atoms with Crippen LogP contribution in [0.4, 0.5) is 0 Å². The average molecular weight is 602 g/mol. The van der Waals surface area contributed by atoms with Gasteiger partial charge in [0.1, 0.15) is 28.7 Å². The molecule has 0 saturated heterocycles. The van der Waals surface area contributed by atoms with Gasteiger partial charge in [-0.15, -0.1) is 0 Å². The van der Waals surface area contributed by atoms with E-state index in [9.17, 15) is 9.59 Å². The number of carbonyl (C=O) groups is 2. The van der Waals surface area contributed by atoms with Gasteiger partial charge in [0.15, 0.2) is 5.76 Å². The molecule has 45 heavy (non-hydrogen) atoms. The summed E-state index contributed by atoms with van der Waals surface area (Å²) in [5.74, 6) is 2.17. The number of ether oxygens (including phenoxy) is 5. The Balaban J connectivity index is 1.22. The average Bonchev–Trinajstić information content (AvgIpc) is 3.55. The molecule has 4 aromatic carbocycles. The highest BCUT2D eigenvalue weighted by molar-refractivity contribution is 6.15. The zero-order valence-electron chi connectivity index (χ0n) is 25.2. The van der Waals surface area contributed by atoms with Crippen LogP contribution in [0.2, 0.25) is 0 Å². The lowest BCUT2D eigenvalue weighted by Gasteiger charge is -2.27. The molecule has 0 fully saturated rings. The molecule has 2 aliphatic rings. The lowest BCUT2D eigenvalue weighted by molar-refractivity contribution is -0.135. The van der Waals surface area contributed by atoms with Crippen LogP contribution in [0.15, 0.2) is 90.8 Å². The highest BCUT2D eigenvalue weighted by Crippen LogP contribution is 2.50. The Kier molecular flexibility index (Phi) is 7.25. The number of benzene rings is 4. The maximum absolute atomic E-state index is 13.7. The molecular formula is C37H31NO7. The maximum atomic E-state index is 13.7. The molecule has 5 aromatic rings. The molecule has 0 amide bonds. The first-order chi connectivity index (χ1) is 21.9. The van der Waals surface area contributed by atoms with Crippen LogP contribution in [0, 0.1) is 0 Å². The molecule has 0 spiro atoms. The second-order valence-corrected chi connectivity index (χ2v) is 11.1. The second-order valence-electron chi connectivity index (χ2n) is 11.1. The Morgan fingerprint density at radius 2 is 1.69 bits per heavy atom. The smallest absolute Gasteiger partial charge is 0.312 e. The van der Waals surface area contributed by atoms with Gasteiger partial charge in [0.05, 0.1) is 32.8 Å². The zero-order chi connectivity index (χ0) is 31.1. The van der Waals surface area contributed by atoms with E-state index in [0.717, 1.165) is 39.1 Å². The Morgan fingerprint density at radius 3 is 2.49 bits per heavy atom. The lowest BCUT2D eigenvalue weighted by atomic mass is 9.84. The van der Waals surface area contributed by atoms with Crippen LogP contribution in [0.1, 0.15) is 45.0 Å². The second kappa shape index (κ2) is 11.5. The summed E-state index contributed by atoms with van der Waals surface area (Å²) < 4.78 is 31.0. The van der Waals surface area contributed by atoms with E-state index in [-0.39, 0.29) is 23.9 Å². The number of carbonyl (C=O) groups excluding carboxylic acids is 2. The van der Waals surface area contributed by atoms with Crippen molar-refractivity contribution in [2.75, 3.05) is 20.8 Å². The minimum absolute atomic E-state index is 0.0853. The quantitative estimate of drug-likeness (QED) is 0.109. The number of ketones is 1. The SMILES string of the molecule is COc1ccc(CCOc2ccccc2C2CC(=O)Oc3ccc4c(c32)O/C(=C\c2cn(C)c3ccc(OC)cc23)C4=O)cc1. The number of esters is 1. The highest BCUT2D eigenvalue weighted by atomic mass is 16.5. The van der Waals surface area contributed by atoms with E-state index in [4.69, 9.17) is 23.7 Å². The normalized spacial score (nSPS) is 16.2. The van der Waals surface area contributed by atoms with Crippen molar-refractivity contribution in [2.24, 2.45) is 7.05 Å². The number of methoxy groups -OCH3 is 2. The summed E-state index contributed by atoms with van der Waals surface area (Å²) in [6.07, 6.45) is 4.50. The van der Waals surface area contributed by atoms with Crippen molar-refractivity contribution >= 4 is 28.7 Å². The third kappa shape index (κ3) is 5.18. The van der Waals surface area contributed by atoms with Gasteiger partial charge in [-0.25, -0.2) is 0 Å². The standard InChI is InChI=1S/C37H31NO7/c1-38-21-23(28-19-25(42-3)12-14-30(28)38)18-33-36(40)27-13-15-32-35(37(27)45-33)29(20-34(39)44-32)26-6-4-5-7-31(26)43-17-16-22-8-10-24(41-2)11-9-22/h4-15,18-19,21,29H,16-17,20H2,1-3H3/b33-18-. The fourth-order valence-electron chi connectivity index (χ4n) is 6.13. The molecule has 8 heteroatoms. The van der Waals surface area contributed by atoms with Gasteiger partial charge in [0, 0.05) is 53.2 Å². The monoisotopic (exact) mass is 601 g/mol. The minimum Gasteiger partial charge on any atom is -0.497 e. The van der Waals surface area contributed by atoms with Gasteiger partial charge in [0.25, 0.3) is 0 Å². The van der Waals surface area contributed by atoms with Crippen molar-refractivity contribution < 1.29 is 33.3 Å². The van der Waals surface area contributed by atoms with Crippen LogP contribution < -0.4 is 23.7 Å². The molecule has 0 radical (unpaired) electrons. The third-order valence-electron chi connectivity index (χ3n) is 8.40. The van der Waals surface area contributed by atoms with E-state index < -0.39 is 5.92 Å². The molecule has 3 heterocycles. The zero-order valence-corrected chi connectivity index (χ0v) is 25.2. The molecule has 8 nitrogen and oxygen atoms in total. The van der Waals surface area contributed by atoms with Crippen LogP contribution >= 0.6 is 0 Å². The molecule has 1 aromatic heterocycles. The first-order valence-electron chi connectivity index (χ1n) is 14.7. The van der Waals surface area contributed by atoms with Gasteiger partial charge >= 0.3 is 5.97 Å². The first kappa shape index (κ1) is 28.3. The van der Waals surface area contributed by atoms with Gasteiger partial charge in [-0.1, -0.05) is 30.3 Å². The topological polar surface area (TPSA) is 85.2 Å². The van der Waals surface area contributed by atoms with Gasteiger partial charge < -0.3 is 28.3 Å². The number of nitrogens with zero attached hydrogens (tertiary/aromatic N) is 1. The summed E-state index contributed by atoms with van der Waals surface area (Å²) in [6, 6.07) is 24.7. The first-order valence-corrected chi connectivity index (χ1v) is 14.7. The fraction of sp³-hybridized carbons (Fsp3) is 0.189. The predicted octanol–water partition coefficient (Wildman–Crippen LogP) is 6.87. The van der Waals surface area contributed by atoms with E-state index >= 15 is 0 Å². The van der Waals surface area contributed by atoms with Crippen molar-refractivity contribution in [3.63, 3.8) is 0 Å². The number of aryl methyl sites for hydroxylation is 1. The van der Waals surface area contributed by atoms with Crippen molar-refractivity contribution in [1.29, 1.82) is 0 Å². The van der Waals surface area contributed by atoms with Crippen LogP contribution in [0.5, 0.6) is 28.7 Å². The van der Waals surface area contributed by atoms with E-state index in [2.05, 4.69) is 0 Å². The molecule has 0 saturated carbocycles. The summed E-state index contributed by atoms with van der Waals surface area (Å²) in [6.45, 7) is 0.442. The summed E-state index contributed by atoms with van der Waals surface area (Å²) in [5, 5.41) is 0.936. The van der Waals surface area contributed by atoms with E-state index in [0.29, 0.717) is 41.4 Å². The molecule has 0 N–H and O–H groups in total. The van der Waals surface area contributed by atoms with Gasteiger partial charge in [-0.3, -0.25) is 9.59 Å². The van der Waals surface area contributed by atoms with Crippen molar-refractivity contribution in [1.82, 2.24) is 4.57 Å². The Bertz CT molecular complexity index is 1990. The number of Topliss-reactive ketones (excluding diaryl/α,β-unsaturated/α-hetero) is 1. The molecule has 2 aliphatic heterocycles. The number of para-hydroxylation sites is 1. The summed E-state index contributed by atoms with van der Waals surface area (Å²) in [5.41, 5.74) is 4.86. The molecule has 226 valence electrons. The number of allylic oxidation sites excluding steroid dienone is 1. The van der Waals surface area contributed by atoms with Crippen molar-refractivity contribution in [3.05, 3.63) is 119 Å². The Morgan fingerprint density at radius 1 is 0.911 bits per heavy atom. The fourth-order valence-corrected chi connectivity index (χ4v) is 6.13. The number of hydrogen-bond acceptors (Lipinski definition) is 7. The number of fused-ring (bicyclic) bond motifs is 4. The maximum Gasteiger partial charge on any atom is 0.312 e. The molecule has 0 aliphatic carbocycles. The number of hydrogen-bond donors (Lipinski definition) is 0. The molecule has 7 rings (SSSR count). The molecule has 1 atom stereocenters. The summed E-state index contributed by atoms with van der Waals surface area (Å²) in [7, 11) is 5.22. The van der Waals surface area contributed by atoms with E-state index in [1.807, 2.05) is 84.5 Å². The lowest BCUT2D eigenvalue weighted by Crippen LogP contribution is -2.22. The molecule has 1 unspecified atom stereocenters. The van der Waals surface area contributed by atoms with Crippen molar-refractivity contribution in [2.45, 2.75) is 18.8 Å².